The van der Waals surface area contributed by atoms with Gasteiger partial charge in [-0.15, -0.1) is 0 Å². The third-order valence-electron chi connectivity index (χ3n) is 3.93. The zero-order valence-corrected chi connectivity index (χ0v) is 14.7. The normalized spacial score (nSPS) is 10.6. The Morgan fingerprint density at radius 3 is 2.71 bits per heavy atom. The summed E-state index contributed by atoms with van der Waals surface area (Å²) in [6, 6.07) is 15.1. The number of nitrogens with zero attached hydrogens (tertiary/aromatic N) is 4. The van der Waals surface area contributed by atoms with Crippen molar-refractivity contribution < 1.29 is 4.92 Å². The molecule has 0 amide bonds. The number of hydrogen-bond acceptors (Lipinski definition) is 7. The molecule has 0 aliphatic rings. The Kier molecular flexibility index (Phi) is 5.23. The maximum absolute atomic E-state index is 12.2. The molecule has 9 nitrogen and oxygen atoms in total. The maximum atomic E-state index is 12.2. The second kappa shape index (κ2) is 7.92. The molecule has 0 aliphatic carbocycles. The van der Waals surface area contributed by atoms with E-state index >= 15 is 0 Å². The first-order valence-corrected chi connectivity index (χ1v) is 8.13. The molecule has 0 atom stereocenters. The van der Waals surface area contributed by atoms with Crippen LogP contribution in [0.2, 0.25) is 0 Å². The molecule has 9 heteroatoms. The van der Waals surface area contributed by atoms with Crippen molar-refractivity contribution in [3.8, 4) is 17.3 Å². The van der Waals surface area contributed by atoms with Gasteiger partial charge in [-0.1, -0.05) is 36.4 Å². The number of rotatable bonds is 5. The number of nitriles is 1. The van der Waals surface area contributed by atoms with Gasteiger partial charge in [0.2, 0.25) is 5.95 Å². The van der Waals surface area contributed by atoms with Gasteiger partial charge in [-0.25, -0.2) is 10.4 Å². The molecule has 0 saturated carbocycles. The van der Waals surface area contributed by atoms with Gasteiger partial charge in [0.05, 0.1) is 16.8 Å². The molecule has 0 fully saturated rings. The monoisotopic (exact) mass is 374 g/mol. The van der Waals surface area contributed by atoms with Gasteiger partial charge in [-0.3, -0.25) is 19.9 Å². The van der Waals surface area contributed by atoms with Crippen LogP contribution in [-0.4, -0.2) is 21.1 Å². The standard InChI is InChI=1S/C19H14N6O3/c1-12-7-8-15(25(27)28)9-14(12)11-21-24-19-22-17(13-5-3-2-4-6-13)16(10-20)18(26)23-19/h2-9,11H,1H3,(H2,22,23,24,26). The van der Waals surface area contributed by atoms with Crippen molar-refractivity contribution in [2.75, 3.05) is 5.43 Å². The summed E-state index contributed by atoms with van der Waals surface area (Å²) in [6.07, 6.45) is 1.39. The maximum Gasteiger partial charge on any atom is 0.270 e. The first-order chi connectivity index (χ1) is 13.5. The topological polar surface area (TPSA) is 137 Å². The fourth-order valence-electron chi connectivity index (χ4n) is 2.48. The van der Waals surface area contributed by atoms with Crippen LogP contribution in [0.25, 0.3) is 11.3 Å². The van der Waals surface area contributed by atoms with Gasteiger partial charge in [-0.2, -0.15) is 10.4 Å². The summed E-state index contributed by atoms with van der Waals surface area (Å²) in [5, 5.41) is 24.2. The van der Waals surface area contributed by atoms with Crippen molar-refractivity contribution in [3.05, 3.63) is 85.7 Å². The number of benzene rings is 2. The van der Waals surface area contributed by atoms with Crippen molar-refractivity contribution in [2.24, 2.45) is 5.10 Å². The molecule has 138 valence electrons. The van der Waals surface area contributed by atoms with Crippen LogP contribution in [0.3, 0.4) is 0 Å². The number of non-ortho nitro benzene ring substituents is 1. The van der Waals surface area contributed by atoms with Crippen molar-refractivity contribution in [3.63, 3.8) is 0 Å². The number of aromatic amines is 1. The number of nitro benzene ring substituents is 1. The van der Waals surface area contributed by atoms with Gasteiger partial charge in [-0.05, 0) is 12.5 Å². The van der Waals surface area contributed by atoms with E-state index in [1.807, 2.05) is 12.1 Å². The molecule has 0 aliphatic heterocycles. The second-order valence-corrected chi connectivity index (χ2v) is 5.78. The SMILES string of the molecule is Cc1ccc([N+](=O)[O-])cc1C=NNc1nc(-c2ccccc2)c(C#N)c(=O)[nH]1. The molecule has 0 radical (unpaired) electrons. The van der Waals surface area contributed by atoms with E-state index in [0.717, 1.165) is 5.56 Å². The number of anilines is 1. The number of nitro groups is 1. The van der Waals surface area contributed by atoms with Crippen molar-refractivity contribution in [1.29, 1.82) is 5.26 Å². The van der Waals surface area contributed by atoms with Crippen LogP contribution >= 0.6 is 0 Å². The molecule has 28 heavy (non-hydrogen) atoms. The quantitative estimate of drug-likeness (QED) is 0.400. The summed E-state index contributed by atoms with van der Waals surface area (Å²) in [5.41, 5.74) is 4.03. The van der Waals surface area contributed by atoms with E-state index in [0.29, 0.717) is 11.1 Å². The zero-order chi connectivity index (χ0) is 20.1. The molecule has 0 saturated heterocycles. The first kappa shape index (κ1) is 18.5. The predicted octanol–water partition coefficient (Wildman–Crippen LogP) is 2.97. The molecule has 0 unspecified atom stereocenters. The van der Waals surface area contributed by atoms with Crippen LogP contribution in [0.15, 0.2) is 58.4 Å². The number of hydrazone groups is 1. The smallest absolute Gasteiger partial charge is 0.270 e. The average Bonchev–Trinajstić information content (AvgIpc) is 2.69. The van der Waals surface area contributed by atoms with Crippen LogP contribution < -0.4 is 11.0 Å². The number of aromatic nitrogens is 2. The zero-order valence-electron chi connectivity index (χ0n) is 14.7. The van der Waals surface area contributed by atoms with Crippen molar-refractivity contribution >= 4 is 17.9 Å². The summed E-state index contributed by atoms with van der Waals surface area (Å²) >= 11 is 0. The second-order valence-electron chi connectivity index (χ2n) is 5.78. The molecule has 3 aromatic rings. The molecule has 0 bridgehead atoms. The van der Waals surface area contributed by atoms with Crippen molar-refractivity contribution in [2.45, 2.75) is 6.92 Å². The lowest BCUT2D eigenvalue weighted by molar-refractivity contribution is -0.384. The van der Waals surface area contributed by atoms with E-state index in [2.05, 4.69) is 20.5 Å². The van der Waals surface area contributed by atoms with Gasteiger partial charge in [0.25, 0.3) is 11.2 Å². The van der Waals surface area contributed by atoms with Crippen LogP contribution in [0.5, 0.6) is 0 Å². The third-order valence-corrected chi connectivity index (χ3v) is 3.93. The lowest BCUT2D eigenvalue weighted by atomic mass is 10.1. The van der Waals surface area contributed by atoms with Gasteiger partial charge in [0.15, 0.2) is 0 Å². The molecule has 2 N–H and O–H groups in total. The van der Waals surface area contributed by atoms with Crippen LogP contribution in [0.4, 0.5) is 11.6 Å². The van der Waals surface area contributed by atoms with Gasteiger partial charge >= 0.3 is 0 Å². The van der Waals surface area contributed by atoms with Crippen molar-refractivity contribution in [1.82, 2.24) is 9.97 Å². The fraction of sp³-hybridized carbons (Fsp3) is 0.0526. The minimum absolute atomic E-state index is 0.0437. The fourth-order valence-corrected chi connectivity index (χ4v) is 2.48. The summed E-state index contributed by atoms with van der Waals surface area (Å²) in [4.78, 5) is 29.3. The number of hydrogen-bond donors (Lipinski definition) is 2. The Morgan fingerprint density at radius 1 is 1.29 bits per heavy atom. The van der Waals surface area contributed by atoms with E-state index in [-0.39, 0.29) is 22.9 Å². The van der Waals surface area contributed by atoms with E-state index in [4.69, 9.17) is 0 Å². The average molecular weight is 374 g/mol. The minimum atomic E-state index is -0.597. The lowest BCUT2D eigenvalue weighted by Crippen LogP contribution is -2.16. The van der Waals surface area contributed by atoms with Crippen LogP contribution in [0, 0.1) is 28.4 Å². The Labute approximate surface area is 159 Å². The summed E-state index contributed by atoms with van der Waals surface area (Å²) in [5.74, 6) is 0.0437. The number of aryl methyl sites for hydroxylation is 1. The Balaban J connectivity index is 1.92. The van der Waals surface area contributed by atoms with E-state index in [9.17, 15) is 20.2 Å². The highest BCUT2D eigenvalue weighted by Crippen LogP contribution is 2.19. The van der Waals surface area contributed by atoms with Gasteiger partial charge in [0, 0.05) is 23.3 Å². The highest BCUT2D eigenvalue weighted by Gasteiger charge is 2.13. The Bertz CT molecular complexity index is 1160. The minimum Gasteiger partial charge on any atom is -0.290 e. The largest absolute Gasteiger partial charge is 0.290 e. The highest BCUT2D eigenvalue weighted by atomic mass is 16.6. The van der Waals surface area contributed by atoms with Gasteiger partial charge < -0.3 is 0 Å². The number of nitrogens with one attached hydrogen (secondary N) is 2. The predicted molar refractivity (Wildman–Crippen MR) is 104 cm³/mol. The summed E-state index contributed by atoms with van der Waals surface area (Å²) in [6.45, 7) is 1.79. The first-order valence-electron chi connectivity index (χ1n) is 8.13. The molecule has 2 aromatic carbocycles. The Hall–Kier alpha value is -4.32. The molecular formula is C19H14N6O3. The molecule has 1 heterocycles. The molecule has 3 rings (SSSR count). The summed E-state index contributed by atoms with van der Waals surface area (Å²) < 4.78 is 0. The van der Waals surface area contributed by atoms with Crippen LogP contribution in [-0.2, 0) is 0 Å². The highest BCUT2D eigenvalue weighted by molar-refractivity contribution is 5.83. The van der Waals surface area contributed by atoms with Crippen LogP contribution in [0.1, 0.15) is 16.7 Å². The van der Waals surface area contributed by atoms with Gasteiger partial charge in [0.1, 0.15) is 11.6 Å². The summed E-state index contributed by atoms with van der Waals surface area (Å²) in [7, 11) is 0. The number of H-pyrrole nitrogens is 1. The third kappa shape index (κ3) is 3.91. The molecule has 1 aromatic heterocycles. The molecule has 0 spiro atoms. The van der Waals surface area contributed by atoms with E-state index in [1.165, 1.54) is 18.3 Å². The van der Waals surface area contributed by atoms with E-state index < -0.39 is 10.5 Å². The van der Waals surface area contributed by atoms with E-state index in [1.54, 1.807) is 37.3 Å². The lowest BCUT2D eigenvalue weighted by Gasteiger charge is -2.06. The molecular weight excluding hydrogens is 360 g/mol. The Morgan fingerprint density at radius 2 is 2.04 bits per heavy atom.